The molecule has 2 heterocycles. The summed E-state index contributed by atoms with van der Waals surface area (Å²) >= 11 is 0. The minimum absolute atomic E-state index is 0.151. The van der Waals surface area contributed by atoms with E-state index in [1.165, 1.54) is 25.7 Å². The monoisotopic (exact) mass is 224 g/mol. The molecule has 0 atom stereocenters. The van der Waals surface area contributed by atoms with Crippen molar-refractivity contribution in [3.63, 3.8) is 0 Å². The molecule has 1 aliphatic rings. The maximum absolute atomic E-state index is 5.42. The highest BCUT2D eigenvalue weighted by molar-refractivity contribution is 5.28. The molecule has 1 aliphatic heterocycles. The van der Waals surface area contributed by atoms with Crippen molar-refractivity contribution in [3.8, 4) is 0 Å². The summed E-state index contributed by atoms with van der Waals surface area (Å²) < 4.78 is 5.24. The van der Waals surface area contributed by atoms with Gasteiger partial charge in [0.15, 0.2) is 0 Å². The van der Waals surface area contributed by atoms with E-state index in [1.807, 2.05) is 0 Å². The number of nitrogens with zero attached hydrogens (tertiary/aromatic N) is 3. The van der Waals surface area contributed by atoms with Crippen LogP contribution < -0.4 is 10.6 Å². The van der Waals surface area contributed by atoms with Crippen molar-refractivity contribution >= 4 is 12.0 Å². The van der Waals surface area contributed by atoms with E-state index >= 15 is 0 Å². The Labute approximate surface area is 96.0 Å². The van der Waals surface area contributed by atoms with E-state index in [0.29, 0.717) is 11.4 Å². The van der Waals surface area contributed by atoms with Crippen LogP contribution in [0, 0.1) is 5.41 Å². The van der Waals surface area contributed by atoms with Crippen molar-refractivity contribution in [2.75, 3.05) is 23.7 Å². The molecule has 90 valence electrons. The summed E-state index contributed by atoms with van der Waals surface area (Å²) in [6, 6.07) is 0.719. The smallest absolute Gasteiger partial charge is 0.319 e. The van der Waals surface area contributed by atoms with Crippen LogP contribution in [-0.2, 0) is 0 Å². The van der Waals surface area contributed by atoms with Gasteiger partial charge in [-0.05, 0) is 18.3 Å². The number of rotatable bonds is 3. The van der Waals surface area contributed by atoms with Gasteiger partial charge in [-0.15, -0.1) is 0 Å². The zero-order chi connectivity index (χ0) is 11.6. The van der Waals surface area contributed by atoms with Crippen molar-refractivity contribution in [1.29, 1.82) is 0 Å². The average molecular weight is 224 g/mol. The summed E-state index contributed by atoms with van der Waals surface area (Å²) in [5, 5.41) is 7.61. The summed E-state index contributed by atoms with van der Waals surface area (Å²) in [4.78, 5) is 2.13. The van der Waals surface area contributed by atoms with E-state index in [2.05, 4.69) is 28.9 Å². The predicted molar refractivity (Wildman–Crippen MR) is 63.2 cm³/mol. The third-order valence-electron chi connectivity index (χ3n) is 4.02. The molecule has 2 N–H and O–H groups in total. The van der Waals surface area contributed by atoms with Crippen LogP contribution in [0.5, 0.6) is 0 Å². The molecular weight excluding hydrogens is 204 g/mol. The number of aromatic nitrogens is 2. The number of piperidine rings is 1. The molecule has 0 spiro atoms. The van der Waals surface area contributed by atoms with E-state index in [9.17, 15) is 0 Å². The third-order valence-corrected chi connectivity index (χ3v) is 4.02. The first kappa shape index (κ1) is 11.2. The van der Waals surface area contributed by atoms with Crippen molar-refractivity contribution in [2.24, 2.45) is 5.41 Å². The lowest BCUT2D eigenvalue weighted by molar-refractivity contribution is 0.196. The van der Waals surface area contributed by atoms with Crippen molar-refractivity contribution in [3.05, 3.63) is 0 Å². The lowest BCUT2D eigenvalue weighted by Crippen LogP contribution is -2.39. The molecule has 0 aliphatic carbocycles. The van der Waals surface area contributed by atoms with E-state index < -0.39 is 0 Å². The van der Waals surface area contributed by atoms with Gasteiger partial charge in [0.2, 0.25) is 0 Å². The topological polar surface area (TPSA) is 68.2 Å². The highest BCUT2D eigenvalue weighted by Gasteiger charge is 2.32. The van der Waals surface area contributed by atoms with Crippen LogP contribution in [-0.4, -0.2) is 23.3 Å². The van der Waals surface area contributed by atoms with E-state index in [-0.39, 0.29) is 6.01 Å². The zero-order valence-electron chi connectivity index (χ0n) is 10.1. The minimum atomic E-state index is 0.151. The number of hydrogen-bond donors (Lipinski definition) is 1. The second-order valence-corrected chi connectivity index (χ2v) is 4.62. The molecular formula is C11H20N4O. The Kier molecular flexibility index (Phi) is 3.03. The Bertz CT molecular complexity index is 336. The lowest BCUT2D eigenvalue weighted by Gasteiger charge is -2.40. The van der Waals surface area contributed by atoms with Gasteiger partial charge in [-0.25, -0.2) is 0 Å². The molecule has 0 bridgehead atoms. The fourth-order valence-electron chi connectivity index (χ4n) is 2.48. The van der Waals surface area contributed by atoms with E-state index in [1.54, 1.807) is 0 Å². The molecule has 1 fully saturated rings. The summed E-state index contributed by atoms with van der Waals surface area (Å²) in [5.41, 5.74) is 5.94. The van der Waals surface area contributed by atoms with Crippen LogP contribution in [0.25, 0.3) is 0 Å². The van der Waals surface area contributed by atoms with Crippen LogP contribution in [0.15, 0.2) is 4.42 Å². The Hall–Kier alpha value is -1.26. The summed E-state index contributed by atoms with van der Waals surface area (Å²) in [6.07, 6.45) is 4.90. The molecule has 5 nitrogen and oxygen atoms in total. The third kappa shape index (κ3) is 1.99. The second-order valence-electron chi connectivity index (χ2n) is 4.62. The van der Waals surface area contributed by atoms with Crippen molar-refractivity contribution in [1.82, 2.24) is 10.2 Å². The second kappa shape index (κ2) is 4.31. The Morgan fingerprint density at radius 2 is 1.88 bits per heavy atom. The Morgan fingerprint density at radius 3 is 2.31 bits per heavy atom. The SMILES string of the molecule is CCC1(CC)CCN(c2nnc(N)o2)CC1. The first-order valence-corrected chi connectivity index (χ1v) is 6.03. The molecule has 1 aromatic heterocycles. The van der Waals surface area contributed by atoms with Crippen molar-refractivity contribution in [2.45, 2.75) is 39.5 Å². The van der Waals surface area contributed by atoms with Gasteiger partial charge in [-0.1, -0.05) is 36.9 Å². The van der Waals surface area contributed by atoms with Gasteiger partial charge >= 0.3 is 12.0 Å². The molecule has 0 unspecified atom stereocenters. The van der Waals surface area contributed by atoms with Crippen LogP contribution in [0.1, 0.15) is 39.5 Å². The van der Waals surface area contributed by atoms with Crippen molar-refractivity contribution < 1.29 is 4.42 Å². The Morgan fingerprint density at radius 1 is 1.25 bits per heavy atom. The maximum Gasteiger partial charge on any atom is 0.319 e. The van der Waals surface area contributed by atoms with Gasteiger partial charge in [-0.2, -0.15) is 0 Å². The summed E-state index contributed by atoms with van der Waals surface area (Å²) in [5.74, 6) is 0. The number of nitrogen functional groups attached to an aromatic ring is 1. The Balaban J connectivity index is 1.99. The predicted octanol–water partition coefficient (Wildman–Crippen LogP) is 2.06. The minimum Gasteiger partial charge on any atom is -0.390 e. The van der Waals surface area contributed by atoms with Crippen LogP contribution in [0.2, 0.25) is 0 Å². The van der Waals surface area contributed by atoms with Crippen LogP contribution in [0.4, 0.5) is 12.0 Å². The molecule has 0 amide bonds. The lowest BCUT2D eigenvalue weighted by atomic mass is 9.74. The highest BCUT2D eigenvalue weighted by atomic mass is 16.4. The van der Waals surface area contributed by atoms with Gasteiger partial charge in [0.05, 0.1) is 0 Å². The van der Waals surface area contributed by atoms with E-state index in [4.69, 9.17) is 10.2 Å². The van der Waals surface area contributed by atoms with Gasteiger partial charge in [0.1, 0.15) is 0 Å². The first-order valence-electron chi connectivity index (χ1n) is 6.03. The molecule has 2 rings (SSSR count). The van der Waals surface area contributed by atoms with E-state index in [0.717, 1.165) is 13.1 Å². The average Bonchev–Trinajstić information content (AvgIpc) is 2.76. The van der Waals surface area contributed by atoms with Crippen LogP contribution in [0.3, 0.4) is 0 Å². The maximum atomic E-state index is 5.42. The summed E-state index contributed by atoms with van der Waals surface area (Å²) in [7, 11) is 0. The number of nitrogens with two attached hydrogens (primary N) is 1. The molecule has 0 radical (unpaired) electrons. The molecule has 0 saturated carbocycles. The normalized spacial score (nSPS) is 20.0. The first-order chi connectivity index (χ1) is 7.69. The van der Waals surface area contributed by atoms with Gasteiger partial charge in [-0.3, -0.25) is 0 Å². The van der Waals surface area contributed by atoms with Gasteiger partial charge < -0.3 is 15.1 Å². The molecule has 16 heavy (non-hydrogen) atoms. The van der Waals surface area contributed by atoms with Gasteiger partial charge in [0.25, 0.3) is 0 Å². The van der Waals surface area contributed by atoms with Gasteiger partial charge in [0, 0.05) is 13.1 Å². The molecule has 5 heteroatoms. The standard InChI is InChI=1S/C11H20N4O/c1-3-11(4-2)5-7-15(8-6-11)10-14-13-9(12)16-10/h3-8H2,1-2H3,(H2,12,13). The number of hydrogen-bond acceptors (Lipinski definition) is 5. The van der Waals surface area contributed by atoms with Crippen LogP contribution >= 0.6 is 0 Å². The summed E-state index contributed by atoms with van der Waals surface area (Å²) in [6.45, 7) is 6.54. The molecule has 1 saturated heterocycles. The largest absolute Gasteiger partial charge is 0.390 e. The molecule has 1 aromatic rings. The fourth-order valence-corrected chi connectivity index (χ4v) is 2.48. The number of anilines is 2. The fraction of sp³-hybridized carbons (Fsp3) is 0.818. The quantitative estimate of drug-likeness (QED) is 0.851. The molecule has 0 aromatic carbocycles. The zero-order valence-corrected chi connectivity index (χ0v) is 10.1. The highest BCUT2D eigenvalue weighted by Crippen LogP contribution is 2.38.